The Morgan fingerprint density at radius 3 is 2.52 bits per heavy atom. The normalized spacial score (nSPS) is 27.7. The second kappa shape index (κ2) is 6.39. The molecular weight excluding hydrogens is 322 g/mol. The average Bonchev–Trinajstić information content (AvgIpc) is 2.40. The molecule has 0 saturated heterocycles. The maximum Gasteiger partial charge on any atom is 0.314 e. The minimum absolute atomic E-state index is 0.191. The van der Waals surface area contributed by atoms with Crippen LogP contribution in [-0.2, 0) is 9.53 Å². The van der Waals surface area contributed by atoms with Crippen molar-refractivity contribution >= 4 is 17.6 Å². The minimum Gasteiger partial charge on any atom is -0.459 e. The second-order valence-electron chi connectivity index (χ2n) is 7.26. The summed E-state index contributed by atoms with van der Waals surface area (Å²) < 4.78 is 32.3. The third-order valence-electron chi connectivity index (χ3n) is 4.13. The lowest BCUT2D eigenvalue weighted by atomic mass is 9.76. The highest BCUT2D eigenvalue weighted by atomic mass is 35.5. The lowest BCUT2D eigenvalue weighted by molar-refractivity contribution is -0.159. The van der Waals surface area contributed by atoms with E-state index in [9.17, 15) is 13.6 Å². The Labute approximate surface area is 141 Å². The van der Waals surface area contributed by atoms with Crippen LogP contribution in [0.25, 0.3) is 0 Å². The minimum atomic E-state index is -2.65. The Balaban J connectivity index is 2.31. The lowest BCUT2D eigenvalue weighted by Crippen LogP contribution is -2.35. The van der Waals surface area contributed by atoms with E-state index >= 15 is 0 Å². The van der Waals surface area contributed by atoms with Crippen molar-refractivity contribution in [2.24, 2.45) is 11.8 Å². The Morgan fingerprint density at radius 2 is 2.00 bits per heavy atom. The summed E-state index contributed by atoms with van der Waals surface area (Å²) in [5.41, 5.74) is 0.953. The number of ether oxygens (including phenoxy) is 1. The van der Waals surface area contributed by atoms with Gasteiger partial charge >= 0.3 is 5.97 Å². The molecule has 0 aromatic carbocycles. The number of rotatable bonds is 2. The lowest BCUT2D eigenvalue weighted by Gasteiger charge is -2.33. The number of halogens is 3. The highest BCUT2D eigenvalue weighted by Crippen LogP contribution is 2.42. The second-order valence-corrected chi connectivity index (χ2v) is 7.70. The van der Waals surface area contributed by atoms with Gasteiger partial charge in [0.05, 0.1) is 5.92 Å². The molecule has 0 N–H and O–H groups in total. The van der Waals surface area contributed by atoms with Crippen LogP contribution in [0.4, 0.5) is 8.78 Å². The molecule has 0 fully saturated rings. The predicted octanol–water partition coefficient (Wildman–Crippen LogP) is 5.39. The van der Waals surface area contributed by atoms with E-state index in [1.165, 1.54) is 0 Å². The third kappa shape index (κ3) is 4.43. The molecule has 2 atom stereocenters. The molecule has 2 aliphatic carbocycles. The van der Waals surface area contributed by atoms with E-state index in [1.54, 1.807) is 39.0 Å². The van der Waals surface area contributed by atoms with Gasteiger partial charge in [0.15, 0.2) is 0 Å². The molecule has 0 radical (unpaired) electrons. The Hall–Kier alpha value is -1.16. The third-order valence-corrected chi connectivity index (χ3v) is 4.60. The van der Waals surface area contributed by atoms with E-state index in [-0.39, 0.29) is 31.1 Å². The molecule has 2 rings (SSSR count). The zero-order valence-corrected chi connectivity index (χ0v) is 14.7. The van der Waals surface area contributed by atoms with Crippen molar-refractivity contribution in [2.75, 3.05) is 0 Å². The van der Waals surface area contributed by atoms with E-state index in [0.29, 0.717) is 5.03 Å². The van der Waals surface area contributed by atoms with Gasteiger partial charge in [-0.15, -0.1) is 0 Å². The molecule has 0 heterocycles. The number of esters is 1. The van der Waals surface area contributed by atoms with Gasteiger partial charge in [0.25, 0.3) is 5.92 Å². The van der Waals surface area contributed by atoms with Gasteiger partial charge in [0.1, 0.15) is 5.60 Å². The molecule has 0 bridgehead atoms. The maximum absolute atomic E-state index is 13.4. The molecule has 0 aromatic rings. The molecule has 2 aliphatic rings. The van der Waals surface area contributed by atoms with E-state index < -0.39 is 17.4 Å². The fraction of sp³-hybridized carbons (Fsp3) is 0.611. The topological polar surface area (TPSA) is 26.3 Å². The van der Waals surface area contributed by atoms with E-state index in [1.807, 2.05) is 6.92 Å². The quantitative estimate of drug-likeness (QED) is 0.628. The van der Waals surface area contributed by atoms with Crippen LogP contribution >= 0.6 is 11.6 Å². The maximum atomic E-state index is 13.4. The van der Waals surface area contributed by atoms with Crippen LogP contribution in [0.3, 0.4) is 0 Å². The zero-order chi connectivity index (χ0) is 17.4. The predicted molar refractivity (Wildman–Crippen MR) is 87.4 cm³/mol. The molecule has 0 aliphatic heterocycles. The summed E-state index contributed by atoms with van der Waals surface area (Å²) in [7, 11) is 0. The van der Waals surface area contributed by atoms with Gasteiger partial charge < -0.3 is 4.74 Å². The van der Waals surface area contributed by atoms with Gasteiger partial charge in [-0.3, -0.25) is 4.79 Å². The molecule has 0 aromatic heterocycles. The van der Waals surface area contributed by atoms with Crippen LogP contribution in [0, 0.1) is 11.8 Å². The first-order valence-electron chi connectivity index (χ1n) is 7.87. The Kier molecular flexibility index (Phi) is 5.05. The number of carbonyl (C=O) groups excluding carboxylic acids is 1. The van der Waals surface area contributed by atoms with Crippen molar-refractivity contribution in [1.82, 2.24) is 0 Å². The largest absolute Gasteiger partial charge is 0.459 e. The monoisotopic (exact) mass is 344 g/mol. The number of carbonyl (C=O) groups is 1. The molecule has 2 nitrogen and oxygen atoms in total. The van der Waals surface area contributed by atoms with Crippen LogP contribution in [0.2, 0.25) is 0 Å². The molecule has 0 amide bonds. The molecule has 0 saturated carbocycles. The van der Waals surface area contributed by atoms with Crippen LogP contribution in [0.15, 0.2) is 34.4 Å². The van der Waals surface area contributed by atoms with Crippen LogP contribution in [0.5, 0.6) is 0 Å². The zero-order valence-electron chi connectivity index (χ0n) is 14.0. The van der Waals surface area contributed by atoms with Crippen molar-refractivity contribution in [3.05, 3.63) is 34.4 Å². The summed E-state index contributed by atoms with van der Waals surface area (Å²) in [5, 5.41) is 0.575. The summed E-state index contributed by atoms with van der Waals surface area (Å²) in [5.74, 6) is -3.79. The fourth-order valence-corrected chi connectivity index (χ4v) is 3.10. The molecule has 128 valence electrons. The Morgan fingerprint density at radius 1 is 1.35 bits per heavy atom. The first-order chi connectivity index (χ1) is 10.5. The highest BCUT2D eigenvalue weighted by Gasteiger charge is 2.39. The Bertz CT molecular complexity index is 582. The van der Waals surface area contributed by atoms with Crippen LogP contribution < -0.4 is 0 Å². The summed E-state index contributed by atoms with van der Waals surface area (Å²) in [6.07, 6.45) is 4.85. The van der Waals surface area contributed by atoms with Crippen LogP contribution in [-0.4, -0.2) is 17.5 Å². The number of alkyl halides is 2. The van der Waals surface area contributed by atoms with Gasteiger partial charge in [-0.25, -0.2) is 8.78 Å². The summed E-state index contributed by atoms with van der Waals surface area (Å²) in [6, 6.07) is 0. The highest BCUT2D eigenvalue weighted by molar-refractivity contribution is 6.30. The van der Waals surface area contributed by atoms with Gasteiger partial charge in [0, 0.05) is 23.8 Å². The van der Waals surface area contributed by atoms with Crippen LogP contribution in [0.1, 0.15) is 47.0 Å². The van der Waals surface area contributed by atoms with Crippen molar-refractivity contribution in [3.63, 3.8) is 0 Å². The van der Waals surface area contributed by atoms with Gasteiger partial charge in [-0.05, 0) is 44.4 Å². The fourth-order valence-electron chi connectivity index (χ4n) is 2.91. The summed E-state index contributed by atoms with van der Waals surface area (Å²) in [6.45, 7) is 7.28. The molecule has 2 unspecified atom stereocenters. The smallest absolute Gasteiger partial charge is 0.314 e. The standard InChI is InChI=1S/C18H23ClF2O2/c1-11-14(19)6-5-13(12-7-9-18(20,21)10-8-12)15(11)16(22)23-17(2,3)4/h5-7,11,15H,8-10H2,1-4H3. The molecule has 0 spiro atoms. The van der Waals surface area contributed by atoms with Gasteiger partial charge in [-0.1, -0.05) is 30.7 Å². The van der Waals surface area contributed by atoms with Crippen molar-refractivity contribution in [3.8, 4) is 0 Å². The summed E-state index contributed by atoms with van der Waals surface area (Å²) in [4.78, 5) is 12.6. The van der Waals surface area contributed by atoms with E-state index in [4.69, 9.17) is 16.3 Å². The summed E-state index contributed by atoms with van der Waals surface area (Å²) >= 11 is 6.20. The van der Waals surface area contributed by atoms with Gasteiger partial charge in [0.2, 0.25) is 0 Å². The molecule has 23 heavy (non-hydrogen) atoms. The van der Waals surface area contributed by atoms with Crippen molar-refractivity contribution < 1.29 is 18.3 Å². The number of hydrogen-bond acceptors (Lipinski definition) is 2. The number of allylic oxidation sites excluding steroid dienone is 5. The van der Waals surface area contributed by atoms with Crippen molar-refractivity contribution in [1.29, 1.82) is 0 Å². The average molecular weight is 345 g/mol. The first-order valence-corrected chi connectivity index (χ1v) is 8.25. The molecular formula is C18H23ClF2O2. The first kappa shape index (κ1) is 18.2. The number of hydrogen-bond donors (Lipinski definition) is 0. The van der Waals surface area contributed by atoms with E-state index in [2.05, 4.69) is 0 Å². The SMILES string of the molecule is CC1C(Cl)=CC=C(C2=CCC(F)(F)CC2)C1C(=O)OC(C)(C)C. The van der Waals surface area contributed by atoms with Gasteiger partial charge in [-0.2, -0.15) is 0 Å². The molecule has 5 heteroatoms. The van der Waals surface area contributed by atoms with E-state index in [0.717, 1.165) is 11.1 Å². The van der Waals surface area contributed by atoms with Crippen molar-refractivity contribution in [2.45, 2.75) is 58.5 Å².